The second-order valence-electron chi connectivity index (χ2n) is 6.18. The van der Waals surface area contributed by atoms with E-state index in [0.29, 0.717) is 31.5 Å². The molecule has 1 aromatic carbocycles. The minimum atomic E-state index is -0.339. The molecular formula is C19H23N3O3. The zero-order valence-electron chi connectivity index (χ0n) is 14.9. The van der Waals surface area contributed by atoms with Gasteiger partial charge in [0.15, 0.2) is 5.82 Å². The zero-order valence-corrected chi connectivity index (χ0v) is 14.9. The van der Waals surface area contributed by atoms with Crippen LogP contribution in [0.25, 0.3) is 5.57 Å². The lowest BCUT2D eigenvalue weighted by atomic mass is 10.0. The molecule has 1 aromatic heterocycles. The number of carbonyl (C=O) groups excluding carboxylic acids is 1. The molecule has 1 aliphatic rings. The lowest BCUT2D eigenvalue weighted by molar-refractivity contribution is -0.135. The number of aryl methyl sites for hydroxylation is 2. The maximum absolute atomic E-state index is 12.8. The molecule has 0 aliphatic carbocycles. The van der Waals surface area contributed by atoms with Crippen molar-refractivity contribution in [1.82, 2.24) is 15.0 Å². The summed E-state index contributed by atoms with van der Waals surface area (Å²) in [5.74, 6) is 0.904. The number of morpholine rings is 1. The van der Waals surface area contributed by atoms with E-state index in [1.165, 1.54) is 5.56 Å². The first-order valence-corrected chi connectivity index (χ1v) is 8.54. The fraction of sp³-hybridized carbons (Fsp3) is 0.421. The molecule has 2 aromatic rings. The Hall–Kier alpha value is -2.47. The number of carbonyl (C=O) groups is 1. The molecule has 6 heteroatoms. The zero-order chi connectivity index (χ0) is 17.8. The van der Waals surface area contributed by atoms with Crippen LogP contribution in [0.1, 0.15) is 42.7 Å². The third-order valence-corrected chi connectivity index (χ3v) is 4.40. The summed E-state index contributed by atoms with van der Waals surface area (Å²) in [6, 6.07) is 7.95. The van der Waals surface area contributed by atoms with Crippen molar-refractivity contribution >= 4 is 11.5 Å². The molecule has 0 radical (unpaired) electrons. The highest BCUT2D eigenvalue weighted by Crippen LogP contribution is 2.24. The van der Waals surface area contributed by atoms with E-state index < -0.39 is 0 Å². The van der Waals surface area contributed by atoms with Gasteiger partial charge in [0.25, 0.3) is 5.89 Å². The third kappa shape index (κ3) is 3.96. The van der Waals surface area contributed by atoms with Crippen LogP contribution < -0.4 is 0 Å². The van der Waals surface area contributed by atoms with Gasteiger partial charge >= 0.3 is 0 Å². The molecule has 1 aliphatic heterocycles. The van der Waals surface area contributed by atoms with Crippen molar-refractivity contribution in [3.05, 3.63) is 53.2 Å². The van der Waals surface area contributed by atoms with Crippen LogP contribution in [0.15, 0.2) is 34.9 Å². The maximum atomic E-state index is 12.8. The van der Waals surface area contributed by atoms with Crippen LogP contribution in [0.4, 0.5) is 0 Å². The quantitative estimate of drug-likeness (QED) is 0.800. The van der Waals surface area contributed by atoms with Gasteiger partial charge in [0.2, 0.25) is 5.91 Å². The lowest BCUT2D eigenvalue weighted by Crippen LogP contribution is -2.42. The van der Waals surface area contributed by atoms with Gasteiger partial charge in [0.05, 0.1) is 13.2 Å². The van der Waals surface area contributed by atoms with Crippen molar-refractivity contribution in [3.8, 4) is 0 Å². The van der Waals surface area contributed by atoms with Gasteiger partial charge in [-0.25, -0.2) is 0 Å². The van der Waals surface area contributed by atoms with E-state index in [0.717, 1.165) is 17.6 Å². The summed E-state index contributed by atoms with van der Waals surface area (Å²) in [7, 11) is 0. The van der Waals surface area contributed by atoms with E-state index in [-0.39, 0.29) is 11.9 Å². The van der Waals surface area contributed by atoms with E-state index in [1.807, 2.05) is 6.92 Å². The van der Waals surface area contributed by atoms with Crippen LogP contribution in [-0.2, 0) is 16.0 Å². The van der Waals surface area contributed by atoms with Gasteiger partial charge < -0.3 is 14.2 Å². The van der Waals surface area contributed by atoms with Crippen molar-refractivity contribution in [2.75, 3.05) is 19.8 Å². The number of ether oxygens (including phenoxy) is 1. The van der Waals surface area contributed by atoms with Crippen LogP contribution in [0, 0.1) is 6.92 Å². The van der Waals surface area contributed by atoms with E-state index in [2.05, 4.69) is 41.3 Å². The summed E-state index contributed by atoms with van der Waals surface area (Å²) in [5.41, 5.74) is 3.26. The maximum Gasteiger partial charge on any atom is 0.251 e. The van der Waals surface area contributed by atoms with Crippen LogP contribution in [0.2, 0.25) is 0 Å². The summed E-state index contributed by atoms with van der Waals surface area (Å²) in [4.78, 5) is 18.8. The fourth-order valence-corrected chi connectivity index (χ4v) is 2.88. The molecule has 0 N–H and O–H groups in total. The first-order valence-electron chi connectivity index (χ1n) is 8.54. The fourth-order valence-electron chi connectivity index (χ4n) is 2.88. The average molecular weight is 341 g/mol. The Morgan fingerprint density at radius 1 is 1.36 bits per heavy atom. The van der Waals surface area contributed by atoms with Crippen LogP contribution in [0.5, 0.6) is 0 Å². The van der Waals surface area contributed by atoms with E-state index in [9.17, 15) is 4.79 Å². The number of hydrogen-bond acceptors (Lipinski definition) is 5. The normalized spacial score (nSPS) is 18.4. The average Bonchev–Trinajstić information content (AvgIpc) is 3.08. The number of amides is 1. The molecule has 1 atom stereocenters. The molecule has 6 nitrogen and oxygen atoms in total. The smallest absolute Gasteiger partial charge is 0.251 e. The summed E-state index contributed by atoms with van der Waals surface area (Å²) >= 11 is 0. The first kappa shape index (κ1) is 17.4. The van der Waals surface area contributed by atoms with Gasteiger partial charge in [0.1, 0.15) is 6.04 Å². The van der Waals surface area contributed by atoms with Crippen molar-refractivity contribution in [2.45, 2.75) is 33.2 Å². The Bertz CT molecular complexity index is 764. The Morgan fingerprint density at radius 3 is 2.76 bits per heavy atom. The van der Waals surface area contributed by atoms with Gasteiger partial charge in [0, 0.05) is 12.6 Å². The Labute approximate surface area is 147 Å². The predicted octanol–water partition coefficient (Wildman–Crippen LogP) is 2.94. The lowest BCUT2D eigenvalue weighted by Gasteiger charge is -2.32. The highest BCUT2D eigenvalue weighted by Gasteiger charge is 2.31. The Kier molecular flexibility index (Phi) is 5.28. The number of nitrogens with zero attached hydrogens (tertiary/aromatic N) is 3. The van der Waals surface area contributed by atoms with Crippen LogP contribution in [0.3, 0.4) is 0 Å². The highest BCUT2D eigenvalue weighted by molar-refractivity contribution is 5.95. The molecule has 0 bridgehead atoms. The van der Waals surface area contributed by atoms with Gasteiger partial charge in [-0.1, -0.05) is 36.3 Å². The summed E-state index contributed by atoms with van der Waals surface area (Å²) in [6.45, 7) is 7.21. The van der Waals surface area contributed by atoms with Gasteiger partial charge in [-0.3, -0.25) is 4.79 Å². The molecule has 1 fully saturated rings. The standard InChI is InChI=1S/C19H23N3O3/c1-4-15-5-7-16(8-6-15)13(2)11-18(23)22-9-10-24-12-17(22)19-20-14(3)21-25-19/h5-8,11,17H,4,9-10,12H2,1-3H3/b13-11+. The summed E-state index contributed by atoms with van der Waals surface area (Å²) in [6.07, 6.45) is 2.67. The van der Waals surface area contributed by atoms with E-state index in [1.54, 1.807) is 17.9 Å². The van der Waals surface area contributed by atoms with Crippen molar-refractivity contribution < 1.29 is 14.1 Å². The van der Waals surface area contributed by atoms with Crippen LogP contribution in [-0.4, -0.2) is 40.7 Å². The van der Waals surface area contributed by atoms with Crippen molar-refractivity contribution in [2.24, 2.45) is 0 Å². The molecule has 0 saturated carbocycles. The van der Waals surface area contributed by atoms with Crippen LogP contribution >= 0.6 is 0 Å². The molecule has 2 heterocycles. The SMILES string of the molecule is CCc1ccc(/C(C)=C/C(=O)N2CCOCC2c2nc(C)no2)cc1. The molecule has 1 unspecified atom stereocenters. The Balaban J connectivity index is 1.79. The minimum absolute atomic E-state index is 0.0683. The molecule has 1 amide bonds. The molecule has 25 heavy (non-hydrogen) atoms. The van der Waals surface area contributed by atoms with Gasteiger partial charge in [-0.2, -0.15) is 4.98 Å². The predicted molar refractivity (Wildman–Crippen MR) is 93.8 cm³/mol. The molecule has 0 spiro atoms. The van der Waals surface area contributed by atoms with Gasteiger partial charge in [-0.15, -0.1) is 0 Å². The number of allylic oxidation sites excluding steroid dienone is 1. The monoisotopic (exact) mass is 341 g/mol. The summed E-state index contributed by atoms with van der Waals surface area (Å²) < 4.78 is 10.7. The minimum Gasteiger partial charge on any atom is -0.377 e. The first-order chi connectivity index (χ1) is 12.1. The second-order valence-corrected chi connectivity index (χ2v) is 6.18. The molecule has 3 rings (SSSR count). The largest absolute Gasteiger partial charge is 0.377 e. The molecule has 1 saturated heterocycles. The number of hydrogen-bond donors (Lipinski definition) is 0. The summed E-state index contributed by atoms with van der Waals surface area (Å²) in [5, 5.41) is 3.82. The number of aromatic nitrogens is 2. The van der Waals surface area contributed by atoms with E-state index >= 15 is 0 Å². The number of rotatable bonds is 4. The van der Waals surface area contributed by atoms with E-state index in [4.69, 9.17) is 9.26 Å². The third-order valence-electron chi connectivity index (χ3n) is 4.40. The van der Waals surface area contributed by atoms with Gasteiger partial charge in [-0.05, 0) is 37.0 Å². The molecule has 132 valence electrons. The van der Waals surface area contributed by atoms with Crippen molar-refractivity contribution in [3.63, 3.8) is 0 Å². The molecular weight excluding hydrogens is 318 g/mol. The topological polar surface area (TPSA) is 68.5 Å². The highest BCUT2D eigenvalue weighted by atomic mass is 16.5. The van der Waals surface area contributed by atoms with Crippen molar-refractivity contribution in [1.29, 1.82) is 0 Å². The Morgan fingerprint density at radius 2 is 2.12 bits per heavy atom. The second kappa shape index (κ2) is 7.61. The number of benzene rings is 1.